The smallest absolute Gasteiger partial charge is 0.270 e. The van der Waals surface area contributed by atoms with Crippen LogP contribution in [-0.4, -0.2) is 45.5 Å². The third-order valence-corrected chi connectivity index (χ3v) is 6.30. The molecule has 0 fully saturated rings. The zero-order valence-electron chi connectivity index (χ0n) is 14.8. The molecule has 10 heteroatoms. The lowest BCUT2D eigenvalue weighted by Crippen LogP contribution is -2.19. The van der Waals surface area contributed by atoms with Crippen molar-refractivity contribution in [2.75, 3.05) is 12.3 Å². The topological polar surface area (TPSA) is 145 Å². The molecule has 0 aliphatic rings. The zero-order valence-corrected chi connectivity index (χ0v) is 15.6. The van der Waals surface area contributed by atoms with E-state index in [0.717, 1.165) is 0 Å². The van der Waals surface area contributed by atoms with Gasteiger partial charge in [0.2, 0.25) is 5.89 Å². The first-order valence-electron chi connectivity index (χ1n) is 8.21. The Bertz CT molecular complexity index is 1050. The highest BCUT2D eigenvalue weighted by atomic mass is 32.2. The molecule has 142 valence electrons. The minimum atomic E-state index is -3.50. The first kappa shape index (κ1) is 18.9. The van der Waals surface area contributed by atoms with E-state index in [0.29, 0.717) is 17.1 Å². The number of nitrogens with zero attached hydrogens (tertiary/aromatic N) is 4. The molecule has 3 N–H and O–H groups in total. The molecular weight excluding hydrogens is 370 g/mol. The summed E-state index contributed by atoms with van der Waals surface area (Å²) in [5.41, 5.74) is 7.27. The fourth-order valence-electron chi connectivity index (χ4n) is 2.47. The number of hydrogen-bond acceptors (Lipinski definition) is 9. The van der Waals surface area contributed by atoms with Crippen LogP contribution in [0.2, 0.25) is 0 Å². The number of aliphatic hydroxyl groups excluding tert-OH is 1. The molecule has 0 aliphatic carbocycles. The Morgan fingerprint density at radius 2 is 1.93 bits per heavy atom. The third-order valence-electron chi connectivity index (χ3n) is 4.07. The van der Waals surface area contributed by atoms with Crippen molar-refractivity contribution in [3.05, 3.63) is 36.4 Å². The van der Waals surface area contributed by atoms with Crippen LogP contribution in [0.4, 0.5) is 5.82 Å². The van der Waals surface area contributed by atoms with Gasteiger partial charge in [-0.25, -0.2) is 18.4 Å². The Balaban J connectivity index is 1.94. The fraction of sp³-hybridized carbons (Fsp3) is 0.294. The number of aryl methyl sites for hydroxylation is 1. The minimum absolute atomic E-state index is 0.152. The van der Waals surface area contributed by atoms with Crippen molar-refractivity contribution in [2.24, 2.45) is 0 Å². The summed E-state index contributed by atoms with van der Waals surface area (Å²) in [4.78, 5) is 8.71. The van der Waals surface area contributed by atoms with Crippen LogP contribution in [0, 0.1) is 6.92 Å². The lowest BCUT2D eigenvalue weighted by molar-refractivity contribution is 0.287. The molecule has 0 amide bonds. The van der Waals surface area contributed by atoms with Crippen molar-refractivity contribution in [3.63, 3.8) is 0 Å². The number of anilines is 1. The summed E-state index contributed by atoms with van der Waals surface area (Å²) in [5, 5.41) is 16.0. The summed E-state index contributed by atoms with van der Waals surface area (Å²) in [6.07, 6.45) is 1.67. The van der Waals surface area contributed by atoms with Crippen LogP contribution in [0.5, 0.6) is 0 Å². The van der Waals surface area contributed by atoms with Crippen molar-refractivity contribution in [2.45, 2.75) is 30.4 Å². The zero-order chi connectivity index (χ0) is 19.6. The van der Waals surface area contributed by atoms with Gasteiger partial charge >= 0.3 is 0 Å². The lowest BCUT2D eigenvalue weighted by atomic mass is 10.1. The molecule has 3 rings (SSSR count). The number of nitrogens with two attached hydrogens (primary N) is 1. The van der Waals surface area contributed by atoms with Crippen LogP contribution >= 0.6 is 0 Å². The normalized spacial score (nSPS) is 12.9. The Morgan fingerprint density at radius 1 is 1.22 bits per heavy atom. The summed E-state index contributed by atoms with van der Waals surface area (Å²) in [6.45, 7) is 3.04. The van der Waals surface area contributed by atoms with E-state index >= 15 is 0 Å². The molecule has 1 aromatic carbocycles. The van der Waals surface area contributed by atoms with Crippen LogP contribution in [0.25, 0.3) is 22.8 Å². The van der Waals surface area contributed by atoms with E-state index in [1.165, 1.54) is 18.3 Å². The van der Waals surface area contributed by atoms with E-state index in [2.05, 4.69) is 20.2 Å². The monoisotopic (exact) mass is 389 g/mol. The van der Waals surface area contributed by atoms with E-state index < -0.39 is 15.1 Å². The summed E-state index contributed by atoms with van der Waals surface area (Å²) < 4.78 is 30.3. The van der Waals surface area contributed by atoms with Gasteiger partial charge in [0.1, 0.15) is 0 Å². The maximum atomic E-state index is 12.5. The molecule has 1 unspecified atom stereocenters. The Morgan fingerprint density at radius 3 is 2.52 bits per heavy atom. The van der Waals surface area contributed by atoms with E-state index in [1.807, 2.05) is 0 Å². The largest absolute Gasteiger partial charge is 0.420 e. The quantitative estimate of drug-likeness (QED) is 0.642. The van der Waals surface area contributed by atoms with Crippen LogP contribution < -0.4 is 5.73 Å². The van der Waals surface area contributed by atoms with Crippen molar-refractivity contribution in [1.82, 2.24) is 20.2 Å². The number of benzene rings is 1. The predicted molar refractivity (Wildman–Crippen MR) is 98.3 cm³/mol. The average Bonchev–Trinajstić information content (AvgIpc) is 3.08. The molecule has 0 aliphatic heterocycles. The molecule has 0 saturated heterocycles. The molecule has 2 aromatic heterocycles. The van der Waals surface area contributed by atoms with Gasteiger partial charge in [0, 0.05) is 19.1 Å². The Kier molecular flexibility index (Phi) is 5.19. The molecule has 0 spiro atoms. The number of rotatable bonds is 6. The molecule has 2 heterocycles. The van der Waals surface area contributed by atoms with Crippen molar-refractivity contribution >= 4 is 15.7 Å². The maximum Gasteiger partial charge on any atom is 0.270 e. The van der Waals surface area contributed by atoms with Gasteiger partial charge in [-0.1, -0.05) is 12.1 Å². The molecule has 0 bridgehead atoms. The Hall–Kier alpha value is -2.85. The average molecular weight is 389 g/mol. The first-order chi connectivity index (χ1) is 12.8. The van der Waals surface area contributed by atoms with Crippen LogP contribution in [0.3, 0.4) is 0 Å². The van der Waals surface area contributed by atoms with Gasteiger partial charge in [-0.05, 0) is 25.5 Å². The van der Waals surface area contributed by atoms with E-state index in [-0.39, 0.29) is 35.3 Å². The van der Waals surface area contributed by atoms with Gasteiger partial charge in [0.25, 0.3) is 5.89 Å². The van der Waals surface area contributed by atoms with Crippen molar-refractivity contribution < 1.29 is 17.9 Å². The lowest BCUT2D eigenvalue weighted by Gasteiger charge is -2.12. The summed E-state index contributed by atoms with van der Waals surface area (Å²) in [7, 11) is -3.50. The van der Waals surface area contributed by atoms with Crippen LogP contribution in [-0.2, 0) is 9.84 Å². The second-order valence-corrected chi connectivity index (χ2v) is 8.37. The number of sulfone groups is 1. The number of aromatic nitrogens is 4. The maximum absolute atomic E-state index is 12.5. The summed E-state index contributed by atoms with van der Waals surface area (Å²) in [5.74, 6) is 0.693. The molecule has 3 aromatic rings. The van der Waals surface area contributed by atoms with Gasteiger partial charge in [0.05, 0.1) is 22.0 Å². The van der Waals surface area contributed by atoms with E-state index in [4.69, 9.17) is 15.3 Å². The highest BCUT2D eigenvalue weighted by molar-refractivity contribution is 7.92. The summed E-state index contributed by atoms with van der Waals surface area (Å²) >= 11 is 0. The molecular formula is C17H19N5O4S. The SMILES string of the molecule is Cc1nnc(-c2nc(-c3ccc(S(=O)(=O)C(C)CCO)cc3)cnc2N)o1. The van der Waals surface area contributed by atoms with Gasteiger partial charge in [-0.15, -0.1) is 10.2 Å². The van der Waals surface area contributed by atoms with Crippen LogP contribution in [0.1, 0.15) is 19.2 Å². The standard InChI is InChI=1S/C17H19N5O4S/c1-10(7-8-23)27(24,25)13-5-3-12(4-6-13)14-9-19-16(18)15(20-14)17-22-21-11(2)26-17/h3-6,9-10,23H,7-8H2,1-2H3,(H2,18,19). The van der Waals surface area contributed by atoms with Crippen molar-refractivity contribution in [3.8, 4) is 22.8 Å². The third kappa shape index (κ3) is 3.81. The highest BCUT2D eigenvalue weighted by Crippen LogP contribution is 2.26. The highest BCUT2D eigenvalue weighted by Gasteiger charge is 2.23. The fourth-order valence-corrected chi connectivity index (χ4v) is 3.87. The molecule has 1 atom stereocenters. The van der Waals surface area contributed by atoms with Gasteiger partial charge in [-0.3, -0.25) is 0 Å². The first-order valence-corrected chi connectivity index (χ1v) is 9.75. The molecule has 0 radical (unpaired) electrons. The summed E-state index contributed by atoms with van der Waals surface area (Å²) in [6, 6.07) is 6.30. The number of aliphatic hydroxyl groups is 1. The van der Waals surface area contributed by atoms with Crippen LogP contribution in [0.15, 0.2) is 39.8 Å². The van der Waals surface area contributed by atoms with Gasteiger partial charge < -0.3 is 15.3 Å². The van der Waals surface area contributed by atoms with E-state index in [9.17, 15) is 8.42 Å². The Labute approximate surface area is 156 Å². The number of hydrogen-bond donors (Lipinski definition) is 2. The molecule has 9 nitrogen and oxygen atoms in total. The number of nitrogen functional groups attached to an aromatic ring is 1. The minimum Gasteiger partial charge on any atom is -0.420 e. The predicted octanol–water partition coefficient (Wildman–Crippen LogP) is 1.63. The second kappa shape index (κ2) is 7.41. The van der Waals surface area contributed by atoms with E-state index in [1.54, 1.807) is 26.0 Å². The molecule has 27 heavy (non-hydrogen) atoms. The van der Waals surface area contributed by atoms with Gasteiger partial charge in [-0.2, -0.15) is 0 Å². The second-order valence-electron chi connectivity index (χ2n) is 6.01. The van der Waals surface area contributed by atoms with Gasteiger partial charge in [0.15, 0.2) is 21.3 Å². The van der Waals surface area contributed by atoms with Crippen molar-refractivity contribution in [1.29, 1.82) is 0 Å². The molecule has 0 saturated carbocycles.